The molecule has 1 rings (SSSR count). The summed E-state index contributed by atoms with van der Waals surface area (Å²) in [5, 5.41) is 1.29. The van der Waals surface area contributed by atoms with Gasteiger partial charge in [0.05, 0.1) is 28.4 Å². The maximum atomic E-state index is 11.7. The van der Waals surface area contributed by atoms with Crippen LogP contribution in [0.1, 0.15) is 26.2 Å². The molecule has 1 fully saturated rings. The Bertz CT molecular complexity index is 338. The molecule has 0 spiro atoms. The van der Waals surface area contributed by atoms with E-state index in [2.05, 4.69) is 19.6 Å². The molecule has 1 aliphatic rings. The SMILES string of the molecule is COC(=O)/C(C)=C(/CCCC1OCCO1)[Si](C)(C)C. The maximum Gasteiger partial charge on any atom is 0.332 e. The first-order valence-electron chi connectivity index (χ1n) is 6.88. The van der Waals surface area contributed by atoms with Crippen molar-refractivity contribution in [2.45, 2.75) is 52.1 Å². The first-order chi connectivity index (χ1) is 8.86. The van der Waals surface area contributed by atoms with Gasteiger partial charge in [-0.1, -0.05) is 24.8 Å². The zero-order valence-electron chi connectivity index (χ0n) is 12.7. The number of hydrogen-bond donors (Lipinski definition) is 0. The van der Waals surface area contributed by atoms with Crippen LogP contribution in [0.15, 0.2) is 10.8 Å². The monoisotopic (exact) mass is 286 g/mol. The number of rotatable bonds is 6. The molecule has 1 heterocycles. The lowest BCUT2D eigenvalue weighted by atomic mass is 10.1. The van der Waals surface area contributed by atoms with E-state index < -0.39 is 8.07 Å². The van der Waals surface area contributed by atoms with Crippen molar-refractivity contribution in [2.75, 3.05) is 20.3 Å². The van der Waals surface area contributed by atoms with Crippen LogP contribution in [0.2, 0.25) is 19.6 Å². The molecule has 4 nitrogen and oxygen atoms in total. The van der Waals surface area contributed by atoms with Gasteiger partial charge in [-0.3, -0.25) is 0 Å². The number of esters is 1. The molecule has 5 heteroatoms. The zero-order chi connectivity index (χ0) is 14.5. The highest BCUT2D eigenvalue weighted by molar-refractivity contribution is 6.83. The van der Waals surface area contributed by atoms with Crippen LogP contribution in [0.3, 0.4) is 0 Å². The smallest absolute Gasteiger partial charge is 0.332 e. The summed E-state index contributed by atoms with van der Waals surface area (Å²) in [6, 6.07) is 0. The third kappa shape index (κ3) is 5.08. The van der Waals surface area contributed by atoms with Crippen LogP contribution in [-0.4, -0.2) is 40.7 Å². The molecule has 0 aliphatic carbocycles. The van der Waals surface area contributed by atoms with Crippen molar-refractivity contribution in [1.29, 1.82) is 0 Å². The van der Waals surface area contributed by atoms with Crippen LogP contribution in [0.4, 0.5) is 0 Å². The molecule has 0 saturated carbocycles. The highest BCUT2D eigenvalue weighted by Gasteiger charge is 2.25. The molecule has 0 unspecified atom stereocenters. The van der Waals surface area contributed by atoms with E-state index in [1.54, 1.807) is 0 Å². The van der Waals surface area contributed by atoms with Crippen molar-refractivity contribution in [3.63, 3.8) is 0 Å². The van der Waals surface area contributed by atoms with Crippen LogP contribution in [-0.2, 0) is 19.0 Å². The minimum absolute atomic E-state index is 0.0543. The Kier molecular flexibility index (Phi) is 6.23. The molecular weight excluding hydrogens is 260 g/mol. The van der Waals surface area contributed by atoms with Crippen molar-refractivity contribution in [2.24, 2.45) is 0 Å². The predicted octanol–water partition coefficient (Wildman–Crippen LogP) is 2.90. The molecule has 0 amide bonds. The first kappa shape index (κ1) is 16.4. The van der Waals surface area contributed by atoms with E-state index >= 15 is 0 Å². The van der Waals surface area contributed by atoms with E-state index in [9.17, 15) is 4.79 Å². The minimum Gasteiger partial charge on any atom is -0.466 e. The Morgan fingerprint density at radius 1 is 1.26 bits per heavy atom. The van der Waals surface area contributed by atoms with Crippen molar-refractivity contribution in [1.82, 2.24) is 0 Å². The Labute approximate surface area is 117 Å². The average molecular weight is 286 g/mol. The van der Waals surface area contributed by atoms with Gasteiger partial charge in [-0.2, -0.15) is 0 Å². The molecule has 0 atom stereocenters. The highest BCUT2D eigenvalue weighted by atomic mass is 28.3. The summed E-state index contributed by atoms with van der Waals surface area (Å²) in [6.07, 6.45) is 2.75. The molecule has 1 aliphatic heterocycles. The molecule has 0 radical (unpaired) electrons. The van der Waals surface area contributed by atoms with Crippen LogP contribution in [0.25, 0.3) is 0 Å². The lowest BCUT2D eigenvalue weighted by Gasteiger charge is -2.23. The summed E-state index contributed by atoms with van der Waals surface area (Å²) in [6.45, 7) is 10.1. The molecule has 0 aromatic heterocycles. The number of carbonyl (C=O) groups excluding carboxylic acids is 1. The molecule has 0 N–H and O–H groups in total. The quantitative estimate of drug-likeness (QED) is 0.428. The summed E-state index contributed by atoms with van der Waals surface area (Å²) < 4.78 is 15.7. The summed E-state index contributed by atoms with van der Waals surface area (Å²) in [5.41, 5.74) is 0.787. The standard InChI is InChI=1S/C14H26O4Si/c1-11(14(15)16-2)12(19(3,4)5)7-6-8-13-17-9-10-18-13/h13H,6-10H2,1-5H3/b12-11-. The van der Waals surface area contributed by atoms with Crippen LogP contribution in [0.5, 0.6) is 0 Å². The van der Waals surface area contributed by atoms with E-state index in [1.165, 1.54) is 12.3 Å². The van der Waals surface area contributed by atoms with Crippen LogP contribution >= 0.6 is 0 Å². The fourth-order valence-corrected chi connectivity index (χ4v) is 4.57. The van der Waals surface area contributed by atoms with Gasteiger partial charge in [0.15, 0.2) is 6.29 Å². The molecule has 110 valence electrons. The lowest BCUT2D eigenvalue weighted by molar-refractivity contribution is -0.136. The predicted molar refractivity (Wildman–Crippen MR) is 77.6 cm³/mol. The van der Waals surface area contributed by atoms with Gasteiger partial charge >= 0.3 is 5.97 Å². The second-order valence-electron chi connectivity index (χ2n) is 5.91. The fourth-order valence-electron chi connectivity index (χ4n) is 2.42. The largest absolute Gasteiger partial charge is 0.466 e. The van der Waals surface area contributed by atoms with E-state index in [-0.39, 0.29) is 12.3 Å². The lowest BCUT2D eigenvalue weighted by Crippen LogP contribution is -2.27. The molecule has 19 heavy (non-hydrogen) atoms. The Morgan fingerprint density at radius 2 is 1.84 bits per heavy atom. The molecule has 0 bridgehead atoms. The maximum absolute atomic E-state index is 11.7. The number of ether oxygens (including phenoxy) is 3. The normalized spacial score (nSPS) is 18.4. The van der Waals surface area contributed by atoms with E-state index in [0.29, 0.717) is 13.2 Å². The molecule has 0 aromatic carbocycles. The average Bonchev–Trinajstić information content (AvgIpc) is 2.84. The van der Waals surface area contributed by atoms with Gasteiger partial charge in [-0.25, -0.2) is 4.79 Å². The third-order valence-electron chi connectivity index (χ3n) is 3.41. The number of allylic oxidation sites excluding steroid dienone is 1. The first-order valence-corrected chi connectivity index (χ1v) is 10.4. The number of carbonyl (C=O) groups is 1. The summed E-state index contributed by atoms with van der Waals surface area (Å²) >= 11 is 0. The van der Waals surface area contributed by atoms with E-state index in [1.807, 2.05) is 6.92 Å². The van der Waals surface area contributed by atoms with Crippen molar-refractivity contribution < 1.29 is 19.0 Å². The van der Waals surface area contributed by atoms with Crippen molar-refractivity contribution in [3.8, 4) is 0 Å². The molecular formula is C14H26O4Si. The number of methoxy groups -OCH3 is 1. The minimum atomic E-state index is -1.51. The van der Waals surface area contributed by atoms with Gasteiger partial charge in [0.2, 0.25) is 0 Å². The highest BCUT2D eigenvalue weighted by Crippen LogP contribution is 2.26. The summed E-state index contributed by atoms with van der Waals surface area (Å²) in [5.74, 6) is -0.203. The van der Waals surface area contributed by atoms with Gasteiger partial charge in [-0.05, 0) is 26.2 Å². The zero-order valence-corrected chi connectivity index (χ0v) is 13.7. The van der Waals surface area contributed by atoms with E-state index in [4.69, 9.17) is 14.2 Å². The summed E-state index contributed by atoms with van der Waals surface area (Å²) in [7, 11) is -0.0700. The Morgan fingerprint density at radius 3 is 2.32 bits per heavy atom. The van der Waals surface area contributed by atoms with Gasteiger partial charge < -0.3 is 14.2 Å². The van der Waals surface area contributed by atoms with Gasteiger partial charge in [0.1, 0.15) is 0 Å². The molecule has 1 saturated heterocycles. The van der Waals surface area contributed by atoms with Crippen LogP contribution < -0.4 is 0 Å². The second kappa shape index (κ2) is 7.22. The van der Waals surface area contributed by atoms with Gasteiger partial charge in [0, 0.05) is 5.57 Å². The van der Waals surface area contributed by atoms with Crippen molar-refractivity contribution >= 4 is 14.0 Å². The third-order valence-corrected chi connectivity index (χ3v) is 5.84. The van der Waals surface area contributed by atoms with E-state index in [0.717, 1.165) is 24.8 Å². The summed E-state index contributed by atoms with van der Waals surface area (Å²) in [4.78, 5) is 11.7. The van der Waals surface area contributed by atoms with Gasteiger partial charge in [0.25, 0.3) is 0 Å². The van der Waals surface area contributed by atoms with Crippen molar-refractivity contribution in [3.05, 3.63) is 10.8 Å². The Balaban J connectivity index is 2.62. The van der Waals surface area contributed by atoms with Gasteiger partial charge in [-0.15, -0.1) is 0 Å². The topological polar surface area (TPSA) is 44.8 Å². The van der Waals surface area contributed by atoms with Crippen LogP contribution in [0, 0.1) is 0 Å². The fraction of sp³-hybridized carbons (Fsp3) is 0.786. The second-order valence-corrected chi connectivity index (χ2v) is 11.0. The number of hydrogen-bond acceptors (Lipinski definition) is 4. The molecule has 0 aromatic rings. The Hall–Kier alpha value is -0.653.